The van der Waals surface area contributed by atoms with E-state index in [2.05, 4.69) is 88.4 Å². The van der Waals surface area contributed by atoms with Gasteiger partial charge in [0.05, 0.1) is 6.10 Å². The lowest BCUT2D eigenvalue weighted by Crippen LogP contribution is -1.92. The molecule has 1 aliphatic rings. The smallest absolute Gasteiger partial charge is 0.0762 e. The zero-order valence-electron chi connectivity index (χ0n) is 18.0. The van der Waals surface area contributed by atoms with Gasteiger partial charge in [-0.25, -0.2) is 0 Å². The number of fused-ring (bicyclic) bond motifs is 1. The van der Waals surface area contributed by atoms with E-state index in [1.165, 1.54) is 52.6 Å². The third kappa shape index (κ3) is 8.66. The first-order valence-corrected chi connectivity index (χ1v) is 10.2. The fourth-order valence-corrected chi connectivity index (χ4v) is 3.13. The number of rotatable bonds is 1. The Morgan fingerprint density at radius 2 is 1.00 bits per heavy atom. The molecular formula is C28H38O. The Kier molecular flexibility index (Phi) is 10.4. The van der Waals surface area contributed by atoms with Crippen molar-refractivity contribution in [3.05, 3.63) is 106 Å². The van der Waals surface area contributed by atoms with Crippen molar-refractivity contribution >= 4 is 0 Å². The van der Waals surface area contributed by atoms with E-state index in [0.717, 1.165) is 5.56 Å². The Morgan fingerprint density at radius 1 is 0.621 bits per heavy atom. The normalized spacial score (nSPS) is 12.3. The minimum Gasteiger partial charge on any atom is -0.389 e. The molecule has 1 unspecified atom stereocenters. The van der Waals surface area contributed by atoms with Gasteiger partial charge in [-0.3, -0.25) is 0 Å². The van der Waals surface area contributed by atoms with Crippen LogP contribution in [0.5, 0.6) is 0 Å². The summed E-state index contributed by atoms with van der Waals surface area (Å²) in [7, 11) is 0. The molecule has 0 bridgehead atoms. The van der Waals surface area contributed by atoms with Crippen LogP contribution in [0.1, 0.15) is 65.8 Å². The molecule has 3 aromatic carbocycles. The van der Waals surface area contributed by atoms with E-state index in [-0.39, 0.29) is 13.5 Å². The van der Waals surface area contributed by atoms with Crippen LogP contribution in [0.15, 0.2) is 66.7 Å². The van der Waals surface area contributed by atoms with Gasteiger partial charge in [0.1, 0.15) is 0 Å². The van der Waals surface area contributed by atoms with E-state index in [1.807, 2.05) is 13.0 Å². The van der Waals surface area contributed by atoms with Crippen LogP contribution in [0.25, 0.3) is 0 Å². The highest BCUT2D eigenvalue weighted by molar-refractivity contribution is 5.35. The van der Waals surface area contributed by atoms with Gasteiger partial charge in [0.25, 0.3) is 0 Å². The van der Waals surface area contributed by atoms with Crippen molar-refractivity contribution in [3.8, 4) is 0 Å². The fourth-order valence-electron chi connectivity index (χ4n) is 3.13. The number of hydrogen-bond acceptors (Lipinski definition) is 1. The second-order valence-corrected chi connectivity index (χ2v) is 7.87. The Balaban J connectivity index is 0.000000221. The topological polar surface area (TPSA) is 20.2 Å². The molecule has 0 amide bonds. The van der Waals surface area contributed by atoms with E-state index in [4.69, 9.17) is 0 Å². The van der Waals surface area contributed by atoms with E-state index in [1.54, 1.807) is 0 Å². The quantitative estimate of drug-likeness (QED) is 0.457. The Labute approximate surface area is 178 Å². The first-order chi connectivity index (χ1) is 13.3. The van der Waals surface area contributed by atoms with Gasteiger partial charge in [0.2, 0.25) is 0 Å². The van der Waals surface area contributed by atoms with Gasteiger partial charge in [-0.2, -0.15) is 0 Å². The number of aryl methyl sites for hydroxylation is 6. The fraction of sp³-hybridized carbons (Fsp3) is 0.357. The average Bonchev–Trinajstić information content (AvgIpc) is 3.15. The molecule has 0 heterocycles. The van der Waals surface area contributed by atoms with Crippen LogP contribution < -0.4 is 0 Å². The van der Waals surface area contributed by atoms with Gasteiger partial charge < -0.3 is 5.11 Å². The average molecular weight is 391 g/mol. The van der Waals surface area contributed by atoms with Crippen molar-refractivity contribution in [3.63, 3.8) is 0 Å². The number of benzene rings is 3. The number of hydrogen-bond donors (Lipinski definition) is 1. The van der Waals surface area contributed by atoms with E-state index in [9.17, 15) is 5.11 Å². The Morgan fingerprint density at radius 3 is 1.38 bits per heavy atom. The van der Waals surface area contributed by atoms with E-state index in [0.29, 0.717) is 0 Å². The summed E-state index contributed by atoms with van der Waals surface area (Å²) in [6.07, 6.45) is 3.36. The first kappa shape index (κ1) is 24.7. The van der Waals surface area contributed by atoms with Crippen LogP contribution in [-0.2, 0) is 12.8 Å². The summed E-state index contributed by atoms with van der Waals surface area (Å²) in [5.74, 6) is 0. The predicted octanol–water partition coefficient (Wildman–Crippen LogP) is 7.47. The summed E-state index contributed by atoms with van der Waals surface area (Å²) in [6, 6.07) is 23.3. The molecule has 4 rings (SSSR count). The van der Waals surface area contributed by atoms with Crippen LogP contribution >= 0.6 is 0 Å². The highest BCUT2D eigenvalue weighted by Gasteiger charge is 2.11. The van der Waals surface area contributed by atoms with Gasteiger partial charge in [-0.05, 0) is 70.6 Å². The third-order valence-electron chi connectivity index (χ3n) is 5.04. The molecule has 1 atom stereocenters. The van der Waals surface area contributed by atoms with Crippen molar-refractivity contribution in [2.24, 2.45) is 0 Å². The summed E-state index contributed by atoms with van der Waals surface area (Å²) >= 11 is 0. The molecule has 156 valence electrons. The third-order valence-corrected chi connectivity index (χ3v) is 5.04. The van der Waals surface area contributed by atoms with E-state index >= 15 is 0 Å². The van der Waals surface area contributed by atoms with Gasteiger partial charge in [-0.15, -0.1) is 0 Å². The zero-order chi connectivity index (χ0) is 20.5. The zero-order valence-corrected chi connectivity index (χ0v) is 18.0. The Hall–Kier alpha value is -2.38. The van der Waals surface area contributed by atoms with Gasteiger partial charge >= 0.3 is 0 Å². The molecule has 29 heavy (non-hydrogen) atoms. The van der Waals surface area contributed by atoms with Crippen LogP contribution in [0.3, 0.4) is 0 Å². The lowest BCUT2D eigenvalue weighted by Gasteiger charge is -2.06. The largest absolute Gasteiger partial charge is 0.389 e. The first-order valence-electron chi connectivity index (χ1n) is 10.2. The SMILES string of the molecule is C.CC(O)c1ccc2c(c1)CCC2.Cc1ccc(C)cc1.Cc1ccc(C)cc1. The van der Waals surface area contributed by atoms with E-state index < -0.39 is 0 Å². The number of aliphatic hydroxyl groups is 1. The standard InChI is InChI=1S/C11H14O.2C8H10.CH4/c1-8(12)10-6-5-9-3-2-4-11(9)7-10;2*1-7-3-5-8(2)6-4-7;/h5-8,12H,2-4H2,1H3;2*3-6H,1-2H3;1H4. The predicted molar refractivity (Wildman–Crippen MR) is 128 cm³/mol. The molecule has 1 heteroatoms. The van der Waals surface area contributed by atoms with Gasteiger partial charge in [0, 0.05) is 0 Å². The van der Waals surface area contributed by atoms with Crippen molar-refractivity contribution in [2.45, 2.75) is 67.4 Å². The van der Waals surface area contributed by atoms with Gasteiger partial charge in [-0.1, -0.05) is 96.4 Å². The maximum atomic E-state index is 9.35. The molecule has 0 aliphatic heterocycles. The lowest BCUT2D eigenvalue weighted by atomic mass is 10.0. The van der Waals surface area contributed by atoms with Crippen LogP contribution in [0.4, 0.5) is 0 Å². The molecule has 1 aliphatic carbocycles. The minimum absolute atomic E-state index is 0. The monoisotopic (exact) mass is 390 g/mol. The molecule has 0 aromatic heterocycles. The molecule has 0 spiro atoms. The molecule has 0 saturated heterocycles. The summed E-state index contributed by atoms with van der Waals surface area (Å²) < 4.78 is 0. The van der Waals surface area contributed by atoms with Crippen molar-refractivity contribution < 1.29 is 5.11 Å². The lowest BCUT2D eigenvalue weighted by molar-refractivity contribution is 0.199. The van der Waals surface area contributed by atoms with Crippen molar-refractivity contribution in [1.29, 1.82) is 0 Å². The highest BCUT2D eigenvalue weighted by atomic mass is 16.3. The maximum Gasteiger partial charge on any atom is 0.0762 e. The summed E-state index contributed by atoms with van der Waals surface area (Å²) in [5, 5.41) is 9.35. The minimum atomic E-state index is -0.323. The van der Waals surface area contributed by atoms with Gasteiger partial charge in [0.15, 0.2) is 0 Å². The summed E-state index contributed by atoms with van der Waals surface area (Å²) in [6.45, 7) is 10.2. The van der Waals surface area contributed by atoms with Crippen molar-refractivity contribution in [2.75, 3.05) is 0 Å². The second-order valence-electron chi connectivity index (χ2n) is 7.87. The molecule has 1 N–H and O–H groups in total. The van der Waals surface area contributed by atoms with Crippen LogP contribution in [0, 0.1) is 27.7 Å². The molecule has 1 nitrogen and oxygen atoms in total. The van der Waals surface area contributed by atoms with Crippen LogP contribution in [-0.4, -0.2) is 5.11 Å². The molecule has 3 aromatic rings. The van der Waals surface area contributed by atoms with Crippen LogP contribution in [0.2, 0.25) is 0 Å². The highest BCUT2D eigenvalue weighted by Crippen LogP contribution is 2.25. The Bertz CT molecular complexity index is 757. The second kappa shape index (κ2) is 12.2. The molecule has 0 fully saturated rings. The summed E-state index contributed by atoms with van der Waals surface area (Å²) in [5.41, 5.74) is 9.28. The molecular weight excluding hydrogens is 352 g/mol. The van der Waals surface area contributed by atoms with Crippen molar-refractivity contribution in [1.82, 2.24) is 0 Å². The molecule has 0 saturated carbocycles. The maximum absolute atomic E-state index is 9.35. The summed E-state index contributed by atoms with van der Waals surface area (Å²) in [4.78, 5) is 0. The number of aliphatic hydroxyl groups excluding tert-OH is 1. The molecule has 0 radical (unpaired) electrons.